The molecule has 1 atom stereocenters. The fourth-order valence-electron chi connectivity index (χ4n) is 2.63. The third kappa shape index (κ3) is 5.35. The van der Waals surface area contributed by atoms with Gasteiger partial charge in [-0.15, -0.1) is 0 Å². The number of ether oxygens (including phenoxy) is 1. The van der Waals surface area contributed by atoms with Gasteiger partial charge < -0.3 is 15.2 Å². The lowest BCUT2D eigenvalue weighted by Crippen LogP contribution is -2.24. The van der Waals surface area contributed by atoms with E-state index in [1.165, 1.54) is 0 Å². The van der Waals surface area contributed by atoms with Gasteiger partial charge in [0.1, 0.15) is 5.75 Å². The zero-order valence-corrected chi connectivity index (χ0v) is 14.7. The quantitative estimate of drug-likeness (QED) is 0.807. The van der Waals surface area contributed by atoms with Gasteiger partial charge in [0.15, 0.2) is 0 Å². The fraction of sp³-hybridized carbons (Fsp3) is 0.300. The van der Waals surface area contributed by atoms with Crippen LogP contribution in [-0.2, 0) is 16.0 Å². The summed E-state index contributed by atoms with van der Waals surface area (Å²) in [6.45, 7) is 3.85. The van der Waals surface area contributed by atoms with Crippen molar-refractivity contribution in [2.24, 2.45) is 5.92 Å². The highest BCUT2D eigenvalue weighted by atomic mass is 16.5. The predicted octanol–water partition coefficient (Wildman–Crippen LogP) is 3.58. The molecule has 0 aliphatic rings. The number of carboxylic acids is 1. The Balaban J connectivity index is 2.06. The van der Waals surface area contributed by atoms with Crippen LogP contribution in [0.1, 0.15) is 23.1 Å². The highest BCUT2D eigenvalue weighted by Gasteiger charge is 2.22. The molecule has 0 bridgehead atoms. The van der Waals surface area contributed by atoms with Crippen molar-refractivity contribution in [3.8, 4) is 5.75 Å². The van der Waals surface area contributed by atoms with Gasteiger partial charge in [0.25, 0.3) is 0 Å². The minimum atomic E-state index is -0.987. The maximum absolute atomic E-state index is 12.3. The second-order valence-corrected chi connectivity index (χ2v) is 6.16. The van der Waals surface area contributed by atoms with E-state index >= 15 is 0 Å². The second kappa shape index (κ2) is 8.33. The molecule has 0 saturated carbocycles. The van der Waals surface area contributed by atoms with E-state index in [4.69, 9.17) is 4.74 Å². The number of aryl methyl sites for hydroxylation is 2. The molecule has 2 aromatic carbocycles. The van der Waals surface area contributed by atoms with E-state index in [2.05, 4.69) is 5.32 Å². The second-order valence-electron chi connectivity index (χ2n) is 6.16. The van der Waals surface area contributed by atoms with Gasteiger partial charge in [-0.3, -0.25) is 9.59 Å². The first-order valence-corrected chi connectivity index (χ1v) is 8.12. The van der Waals surface area contributed by atoms with Crippen LogP contribution in [0.4, 0.5) is 5.69 Å². The van der Waals surface area contributed by atoms with E-state index in [-0.39, 0.29) is 18.7 Å². The monoisotopic (exact) mass is 341 g/mol. The minimum absolute atomic E-state index is 0.0834. The van der Waals surface area contributed by atoms with E-state index in [0.29, 0.717) is 5.75 Å². The van der Waals surface area contributed by atoms with Gasteiger partial charge in [-0.2, -0.15) is 0 Å². The molecule has 2 N–H and O–H groups in total. The number of carboxylic acid groups (broad SMARTS) is 1. The molecule has 0 aliphatic heterocycles. The first kappa shape index (κ1) is 18.5. The zero-order chi connectivity index (χ0) is 18.4. The van der Waals surface area contributed by atoms with Crippen LogP contribution in [0.2, 0.25) is 0 Å². The van der Waals surface area contributed by atoms with Crippen LogP contribution >= 0.6 is 0 Å². The summed E-state index contributed by atoms with van der Waals surface area (Å²) in [5.41, 5.74) is 3.52. The molecule has 0 saturated heterocycles. The van der Waals surface area contributed by atoms with Gasteiger partial charge in [0.2, 0.25) is 5.91 Å². The summed E-state index contributed by atoms with van der Waals surface area (Å²) in [5.74, 6) is -1.42. The number of benzene rings is 2. The summed E-state index contributed by atoms with van der Waals surface area (Å²) in [6, 6.07) is 13.0. The summed E-state index contributed by atoms with van der Waals surface area (Å²) >= 11 is 0. The molecule has 25 heavy (non-hydrogen) atoms. The molecule has 5 heteroatoms. The number of carbonyl (C=O) groups is 2. The SMILES string of the molecule is COc1cccc(C[C@H](CC(=O)Nc2cc(C)ccc2C)C(=O)O)c1. The van der Waals surface area contributed by atoms with Crippen LogP contribution in [0.5, 0.6) is 5.75 Å². The van der Waals surface area contributed by atoms with Gasteiger partial charge >= 0.3 is 5.97 Å². The molecule has 1 amide bonds. The Morgan fingerprint density at radius 3 is 2.60 bits per heavy atom. The molecule has 5 nitrogen and oxygen atoms in total. The normalized spacial score (nSPS) is 11.6. The van der Waals surface area contributed by atoms with Crippen LogP contribution in [0.3, 0.4) is 0 Å². The first-order chi connectivity index (χ1) is 11.9. The number of hydrogen-bond acceptors (Lipinski definition) is 3. The third-order valence-electron chi connectivity index (χ3n) is 4.06. The van der Waals surface area contributed by atoms with Gasteiger partial charge in [-0.25, -0.2) is 0 Å². The highest BCUT2D eigenvalue weighted by molar-refractivity contribution is 5.93. The Morgan fingerprint density at radius 2 is 1.92 bits per heavy atom. The number of anilines is 1. The molecule has 0 radical (unpaired) electrons. The molecule has 0 fully saturated rings. The largest absolute Gasteiger partial charge is 0.497 e. The predicted molar refractivity (Wildman–Crippen MR) is 97.0 cm³/mol. The van der Waals surface area contributed by atoms with Crippen molar-refractivity contribution in [3.05, 3.63) is 59.2 Å². The lowest BCUT2D eigenvalue weighted by molar-refractivity contribution is -0.143. The molecular formula is C20H23NO4. The average molecular weight is 341 g/mol. The summed E-state index contributed by atoms with van der Waals surface area (Å²) in [4.78, 5) is 23.9. The van der Waals surface area contributed by atoms with Crippen LogP contribution < -0.4 is 10.1 Å². The summed E-state index contributed by atoms with van der Waals surface area (Å²) < 4.78 is 5.15. The van der Waals surface area contributed by atoms with Crippen molar-refractivity contribution in [1.29, 1.82) is 0 Å². The van der Waals surface area contributed by atoms with Gasteiger partial charge in [-0.05, 0) is 55.2 Å². The van der Waals surface area contributed by atoms with Crippen LogP contribution in [0.25, 0.3) is 0 Å². The fourth-order valence-corrected chi connectivity index (χ4v) is 2.63. The lowest BCUT2D eigenvalue weighted by atomic mass is 9.95. The number of rotatable bonds is 7. The van der Waals surface area contributed by atoms with Gasteiger partial charge in [0.05, 0.1) is 13.0 Å². The van der Waals surface area contributed by atoms with Crippen LogP contribution in [0, 0.1) is 19.8 Å². The Kier molecular flexibility index (Phi) is 6.17. The van der Waals surface area contributed by atoms with Crippen LogP contribution in [-0.4, -0.2) is 24.1 Å². The maximum atomic E-state index is 12.3. The molecule has 0 spiro atoms. The molecule has 0 unspecified atom stereocenters. The molecule has 0 aromatic heterocycles. The Hall–Kier alpha value is -2.82. The summed E-state index contributed by atoms with van der Waals surface area (Å²) in [5, 5.41) is 12.3. The molecule has 0 heterocycles. The number of amides is 1. The average Bonchev–Trinajstić information content (AvgIpc) is 2.57. The standard InChI is InChI=1S/C20H23NO4/c1-13-7-8-14(2)18(9-13)21-19(22)12-16(20(23)24)10-15-5-4-6-17(11-15)25-3/h4-9,11,16H,10,12H2,1-3H3,(H,21,22)(H,23,24)/t16-/m1/s1. The van der Waals surface area contributed by atoms with Crippen molar-refractivity contribution in [2.45, 2.75) is 26.7 Å². The Bertz CT molecular complexity index is 770. The van der Waals surface area contributed by atoms with E-state index in [9.17, 15) is 14.7 Å². The Labute approximate surface area is 147 Å². The van der Waals surface area contributed by atoms with Crippen molar-refractivity contribution in [2.75, 3.05) is 12.4 Å². The molecular weight excluding hydrogens is 318 g/mol. The number of carbonyl (C=O) groups excluding carboxylic acids is 1. The lowest BCUT2D eigenvalue weighted by Gasteiger charge is -2.14. The van der Waals surface area contributed by atoms with Gasteiger partial charge in [0, 0.05) is 12.1 Å². The van der Waals surface area contributed by atoms with Crippen molar-refractivity contribution in [3.63, 3.8) is 0 Å². The molecule has 0 aliphatic carbocycles. The summed E-state index contributed by atoms with van der Waals surface area (Å²) in [7, 11) is 1.56. The van der Waals surface area contributed by atoms with E-state index < -0.39 is 11.9 Å². The van der Waals surface area contributed by atoms with Crippen molar-refractivity contribution in [1.82, 2.24) is 0 Å². The third-order valence-corrected chi connectivity index (χ3v) is 4.06. The van der Waals surface area contributed by atoms with E-state index in [0.717, 1.165) is 22.4 Å². The highest BCUT2D eigenvalue weighted by Crippen LogP contribution is 2.20. The van der Waals surface area contributed by atoms with Crippen LogP contribution in [0.15, 0.2) is 42.5 Å². The molecule has 2 aromatic rings. The smallest absolute Gasteiger partial charge is 0.307 e. The van der Waals surface area contributed by atoms with E-state index in [1.807, 2.05) is 44.2 Å². The maximum Gasteiger partial charge on any atom is 0.307 e. The zero-order valence-electron chi connectivity index (χ0n) is 14.7. The number of hydrogen-bond donors (Lipinski definition) is 2. The van der Waals surface area contributed by atoms with E-state index in [1.54, 1.807) is 19.2 Å². The number of nitrogens with one attached hydrogen (secondary N) is 1. The molecule has 132 valence electrons. The number of methoxy groups -OCH3 is 1. The van der Waals surface area contributed by atoms with Crippen molar-refractivity contribution < 1.29 is 19.4 Å². The molecule has 2 rings (SSSR count). The topological polar surface area (TPSA) is 75.6 Å². The van der Waals surface area contributed by atoms with Gasteiger partial charge in [-0.1, -0.05) is 24.3 Å². The first-order valence-electron chi connectivity index (χ1n) is 8.12. The number of aliphatic carboxylic acids is 1. The Morgan fingerprint density at radius 1 is 1.16 bits per heavy atom. The minimum Gasteiger partial charge on any atom is -0.497 e. The summed E-state index contributed by atoms with van der Waals surface area (Å²) in [6.07, 6.45) is 0.187. The van der Waals surface area contributed by atoms with Crippen molar-refractivity contribution >= 4 is 17.6 Å².